The predicted molar refractivity (Wildman–Crippen MR) is 48.3 cm³/mol. The molecule has 0 N–H and O–H groups in total. The number of nitrogens with zero attached hydrogens (tertiary/aromatic N) is 1. The third kappa shape index (κ3) is 7.40. The van der Waals surface area contributed by atoms with E-state index in [1.807, 2.05) is 19.9 Å². The first kappa shape index (κ1) is 10.5. The number of likely N-dealkylation sites (N-methyl/N-ethyl adjacent to an activating group) is 1. The van der Waals surface area contributed by atoms with Crippen LogP contribution in [0.15, 0.2) is 11.8 Å². The summed E-state index contributed by atoms with van der Waals surface area (Å²) in [5, 5.41) is 0. The Morgan fingerprint density at radius 3 is 2.27 bits per heavy atom. The Bertz CT molecular complexity index is 133. The molecule has 0 aromatic heterocycles. The van der Waals surface area contributed by atoms with Crippen molar-refractivity contribution in [2.45, 2.75) is 13.8 Å². The molecular formula is C9H20NO+. The van der Waals surface area contributed by atoms with Gasteiger partial charge in [0.25, 0.3) is 0 Å². The van der Waals surface area contributed by atoms with Gasteiger partial charge in [0.15, 0.2) is 0 Å². The Morgan fingerprint density at radius 1 is 1.36 bits per heavy atom. The molecule has 0 amide bonds. The molecule has 0 radical (unpaired) electrons. The average molecular weight is 158 g/mol. The summed E-state index contributed by atoms with van der Waals surface area (Å²) in [4.78, 5) is 0. The highest BCUT2D eigenvalue weighted by Crippen LogP contribution is 1.96. The summed E-state index contributed by atoms with van der Waals surface area (Å²) in [5.74, 6) is 1.01. The maximum absolute atomic E-state index is 5.41. The molecule has 0 aromatic carbocycles. The molecule has 0 heterocycles. The van der Waals surface area contributed by atoms with Crippen LogP contribution in [-0.4, -0.2) is 38.8 Å². The van der Waals surface area contributed by atoms with Gasteiger partial charge < -0.3 is 9.22 Å². The van der Waals surface area contributed by atoms with Crippen LogP contribution in [-0.2, 0) is 4.74 Å². The maximum atomic E-state index is 5.41. The molecule has 0 aliphatic heterocycles. The first-order valence-corrected chi connectivity index (χ1v) is 4.02. The standard InChI is InChI=1S/C9H20NO/c1-6-9(2)11-8-7-10(3,4)5/h6H,7-8H2,1-5H3/q+1. The lowest BCUT2D eigenvalue weighted by atomic mass is 10.5. The molecule has 0 fully saturated rings. The Labute approximate surface area is 70.1 Å². The zero-order chi connectivity index (χ0) is 8.91. The second-order valence-electron chi connectivity index (χ2n) is 3.76. The smallest absolute Gasteiger partial charge is 0.137 e. The van der Waals surface area contributed by atoms with Crippen LogP contribution in [0.2, 0.25) is 0 Å². The van der Waals surface area contributed by atoms with Gasteiger partial charge in [0, 0.05) is 0 Å². The number of quaternary nitrogens is 1. The minimum Gasteiger partial charge on any atom is -0.493 e. The minimum atomic E-state index is 0.805. The highest BCUT2D eigenvalue weighted by Gasteiger charge is 2.05. The van der Waals surface area contributed by atoms with Crippen LogP contribution >= 0.6 is 0 Å². The van der Waals surface area contributed by atoms with Gasteiger partial charge in [0.1, 0.15) is 13.2 Å². The number of ether oxygens (including phenoxy) is 1. The van der Waals surface area contributed by atoms with Crippen LogP contribution in [0.5, 0.6) is 0 Å². The number of hydrogen-bond donors (Lipinski definition) is 0. The molecule has 0 saturated carbocycles. The molecule has 0 rings (SSSR count). The first-order chi connectivity index (χ1) is 4.95. The van der Waals surface area contributed by atoms with Gasteiger partial charge in [0.2, 0.25) is 0 Å². The second-order valence-corrected chi connectivity index (χ2v) is 3.76. The quantitative estimate of drug-likeness (QED) is 0.446. The van der Waals surface area contributed by atoms with Crippen LogP contribution in [0.4, 0.5) is 0 Å². The monoisotopic (exact) mass is 158 g/mol. The van der Waals surface area contributed by atoms with Crippen molar-refractivity contribution >= 4 is 0 Å². The summed E-state index contributed by atoms with van der Waals surface area (Å²) in [7, 11) is 6.48. The fourth-order valence-electron chi connectivity index (χ4n) is 0.564. The molecule has 2 nitrogen and oxygen atoms in total. The molecule has 0 aliphatic rings. The summed E-state index contributed by atoms with van der Waals surface area (Å²) in [6.07, 6.45) is 1.98. The fraction of sp³-hybridized carbons (Fsp3) is 0.778. The lowest BCUT2D eigenvalue weighted by Crippen LogP contribution is -2.37. The van der Waals surface area contributed by atoms with Crippen LogP contribution < -0.4 is 0 Å². The van der Waals surface area contributed by atoms with Crippen LogP contribution in [0.3, 0.4) is 0 Å². The van der Waals surface area contributed by atoms with Crippen LogP contribution in [0, 0.1) is 0 Å². The second kappa shape index (κ2) is 4.39. The van der Waals surface area contributed by atoms with E-state index in [1.165, 1.54) is 0 Å². The van der Waals surface area contributed by atoms with E-state index in [-0.39, 0.29) is 0 Å². The van der Waals surface area contributed by atoms with Crippen molar-refractivity contribution in [1.29, 1.82) is 0 Å². The Hall–Kier alpha value is -0.500. The van der Waals surface area contributed by atoms with E-state index in [0.717, 1.165) is 23.4 Å². The van der Waals surface area contributed by atoms with E-state index in [4.69, 9.17) is 4.74 Å². The van der Waals surface area contributed by atoms with E-state index in [2.05, 4.69) is 21.1 Å². The predicted octanol–water partition coefficient (Wildman–Crippen LogP) is 1.63. The topological polar surface area (TPSA) is 9.23 Å². The molecule has 0 saturated heterocycles. The van der Waals surface area contributed by atoms with Gasteiger partial charge in [-0.2, -0.15) is 0 Å². The normalized spacial score (nSPS) is 13.4. The van der Waals surface area contributed by atoms with Gasteiger partial charge in [-0.25, -0.2) is 0 Å². The number of allylic oxidation sites excluding steroid dienone is 2. The van der Waals surface area contributed by atoms with Gasteiger partial charge in [-0.1, -0.05) is 6.08 Å². The summed E-state index contributed by atoms with van der Waals surface area (Å²) >= 11 is 0. The van der Waals surface area contributed by atoms with Crippen LogP contribution in [0.1, 0.15) is 13.8 Å². The summed E-state index contributed by atoms with van der Waals surface area (Å²) in [5.41, 5.74) is 0. The molecular weight excluding hydrogens is 138 g/mol. The van der Waals surface area contributed by atoms with Gasteiger partial charge in [0.05, 0.1) is 26.9 Å². The number of hydrogen-bond acceptors (Lipinski definition) is 1. The highest BCUT2D eigenvalue weighted by molar-refractivity contribution is 4.83. The Balaban J connectivity index is 3.43. The highest BCUT2D eigenvalue weighted by atomic mass is 16.5. The zero-order valence-corrected chi connectivity index (χ0v) is 8.35. The molecule has 2 heteroatoms. The van der Waals surface area contributed by atoms with E-state index in [9.17, 15) is 0 Å². The summed E-state index contributed by atoms with van der Waals surface area (Å²) in [6, 6.07) is 0. The first-order valence-electron chi connectivity index (χ1n) is 4.02. The molecule has 0 atom stereocenters. The summed E-state index contributed by atoms with van der Waals surface area (Å²) < 4.78 is 6.37. The van der Waals surface area contributed by atoms with Crippen molar-refractivity contribution in [1.82, 2.24) is 0 Å². The third-order valence-corrected chi connectivity index (χ3v) is 1.50. The Morgan fingerprint density at radius 2 is 1.91 bits per heavy atom. The van der Waals surface area contributed by atoms with E-state index < -0.39 is 0 Å². The van der Waals surface area contributed by atoms with Crippen molar-refractivity contribution in [2.24, 2.45) is 0 Å². The molecule has 0 bridgehead atoms. The molecule has 0 aliphatic carbocycles. The lowest BCUT2D eigenvalue weighted by molar-refractivity contribution is -0.870. The van der Waals surface area contributed by atoms with Crippen molar-refractivity contribution in [2.75, 3.05) is 34.3 Å². The van der Waals surface area contributed by atoms with Crippen LogP contribution in [0.25, 0.3) is 0 Å². The van der Waals surface area contributed by atoms with E-state index in [1.54, 1.807) is 0 Å². The van der Waals surface area contributed by atoms with Gasteiger partial charge in [-0.3, -0.25) is 0 Å². The lowest BCUT2D eigenvalue weighted by Gasteiger charge is -2.23. The van der Waals surface area contributed by atoms with Crippen molar-refractivity contribution < 1.29 is 9.22 Å². The fourth-order valence-corrected chi connectivity index (χ4v) is 0.564. The largest absolute Gasteiger partial charge is 0.493 e. The SMILES string of the molecule is CC=C(C)OCC[N+](C)(C)C. The van der Waals surface area contributed by atoms with E-state index in [0.29, 0.717) is 0 Å². The van der Waals surface area contributed by atoms with Crippen molar-refractivity contribution in [3.8, 4) is 0 Å². The molecule has 0 unspecified atom stereocenters. The van der Waals surface area contributed by atoms with Crippen molar-refractivity contribution in [3.05, 3.63) is 11.8 Å². The molecule has 0 aromatic rings. The van der Waals surface area contributed by atoms with E-state index >= 15 is 0 Å². The third-order valence-electron chi connectivity index (χ3n) is 1.50. The van der Waals surface area contributed by atoms with Gasteiger partial charge in [-0.05, 0) is 13.8 Å². The van der Waals surface area contributed by atoms with Gasteiger partial charge >= 0.3 is 0 Å². The van der Waals surface area contributed by atoms with Crippen molar-refractivity contribution in [3.63, 3.8) is 0 Å². The maximum Gasteiger partial charge on any atom is 0.137 e. The Kier molecular flexibility index (Phi) is 4.19. The molecule has 66 valence electrons. The van der Waals surface area contributed by atoms with Gasteiger partial charge in [-0.15, -0.1) is 0 Å². The minimum absolute atomic E-state index is 0.805. The average Bonchev–Trinajstić information content (AvgIpc) is 1.85. The number of rotatable bonds is 4. The zero-order valence-electron chi connectivity index (χ0n) is 8.35. The molecule has 11 heavy (non-hydrogen) atoms. The molecule has 0 spiro atoms. The summed E-state index contributed by atoms with van der Waals surface area (Å²) in [6.45, 7) is 5.82.